The molecule has 1 aromatic heterocycles. The third-order valence-electron chi connectivity index (χ3n) is 5.30. The van der Waals surface area contributed by atoms with Gasteiger partial charge in [0, 0.05) is 36.2 Å². The maximum atomic E-state index is 13.3. The van der Waals surface area contributed by atoms with Gasteiger partial charge in [0.05, 0.1) is 5.56 Å². The molecule has 4 rings (SSSR count). The topological polar surface area (TPSA) is 58.6 Å². The fourth-order valence-corrected chi connectivity index (χ4v) is 4.11. The third kappa shape index (κ3) is 4.69. The lowest BCUT2D eigenvalue weighted by Crippen LogP contribution is -2.54. The van der Waals surface area contributed by atoms with Gasteiger partial charge in [-0.1, -0.05) is 12.1 Å². The first-order valence-electron chi connectivity index (χ1n) is 9.99. The van der Waals surface area contributed by atoms with Gasteiger partial charge in [-0.3, -0.25) is 4.79 Å². The molecule has 0 aliphatic carbocycles. The molecule has 1 fully saturated rings. The van der Waals surface area contributed by atoms with Crippen LogP contribution in [-0.2, 0) is 0 Å². The Labute approximate surface area is 188 Å². The highest BCUT2D eigenvalue weighted by Gasteiger charge is 2.29. The molecule has 0 N–H and O–H groups in total. The molecule has 0 unspecified atom stereocenters. The molecule has 1 aliphatic rings. The number of piperazine rings is 1. The Morgan fingerprint density at radius 3 is 2.71 bits per heavy atom. The first kappa shape index (κ1) is 21.2. The van der Waals surface area contributed by atoms with Gasteiger partial charge in [-0.15, -0.1) is 0 Å². The zero-order valence-corrected chi connectivity index (χ0v) is 18.8. The lowest BCUT2D eigenvalue weighted by atomic mass is 10.1. The third-order valence-corrected chi connectivity index (χ3v) is 5.99. The second-order valence-corrected chi connectivity index (χ2v) is 8.35. The SMILES string of the molecule is Cc1cc(F)ccc1Oc1cc(N2CCN(C(=O)c3ccccc3Br)[C@@H](C)C2)ncn1. The van der Waals surface area contributed by atoms with Gasteiger partial charge in [0.15, 0.2) is 0 Å². The number of carbonyl (C=O) groups excluding carboxylic acids is 1. The van der Waals surface area contributed by atoms with Crippen molar-refractivity contribution in [3.63, 3.8) is 0 Å². The van der Waals surface area contributed by atoms with Gasteiger partial charge in [0.2, 0.25) is 5.88 Å². The Bertz CT molecular complexity index is 1110. The molecule has 2 aromatic carbocycles. The normalized spacial score (nSPS) is 16.3. The summed E-state index contributed by atoms with van der Waals surface area (Å²) in [4.78, 5) is 25.6. The van der Waals surface area contributed by atoms with Gasteiger partial charge in [-0.25, -0.2) is 14.4 Å². The highest BCUT2D eigenvalue weighted by atomic mass is 79.9. The summed E-state index contributed by atoms with van der Waals surface area (Å²) in [5.41, 5.74) is 1.35. The number of rotatable bonds is 4. The number of benzene rings is 2. The molecule has 1 saturated heterocycles. The molecule has 0 radical (unpaired) electrons. The van der Waals surface area contributed by atoms with Crippen LogP contribution in [0.3, 0.4) is 0 Å². The quantitative estimate of drug-likeness (QED) is 0.530. The molecular formula is C23H22BrFN4O2. The lowest BCUT2D eigenvalue weighted by Gasteiger charge is -2.40. The van der Waals surface area contributed by atoms with Crippen LogP contribution in [0, 0.1) is 12.7 Å². The molecule has 1 amide bonds. The summed E-state index contributed by atoms with van der Waals surface area (Å²) in [7, 11) is 0. The summed E-state index contributed by atoms with van der Waals surface area (Å²) < 4.78 is 20.0. The van der Waals surface area contributed by atoms with Crippen LogP contribution in [0.15, 0.2) is 59.3 Å². The van der Waals surface area contributed by atoms with Crippen LogP contribution in [0.5, 0.6) is 11.6 Å². The van der Waals surface area contributed by atoms with Gasteiger partial charge in [-0.05, 0) is 65.7 Å². The van der Waals surface area contributed by atoms with Crippen molar-refractivity contribution in [3.8, 4) is 11.6 Å². The first-order chi connectivity index (χ1) is 14.9. The summed E-state index contributed by atoms with van der Waals surface area (Å²) in [5, 5.41) is 0. The van der Waals surface area contributed by atoms with E-state index in [1.54, 1.807) is 19.1 Å². The molecule has 1 atom stereocenters. The van der Waals surface area contributed by atoms with Gasteiger partial charge in [0.1, 0.15) is 23.7 Å². The summed E-state index contributed by atoms with van der Waals surface area (Å²) in [6, 6.07) is 13.6. The van der Waals surface area contributed by atoms with Gasteiger partial charge in [-0.2, -0.15) is 0 Å². The molecule has 6 nitrogen and oxygen atoms in total. The van der Waals surface area contributed by atoms with Crippen LogP contribution in [0.2, 0.25) is 0 Å². The number of amides is 1. The van der Waals surface area contributed by atoms with E-state index in [0.717, 1.165) is 10.3 Å². The molecule has 2 heterocycles. The summed E-state index contributed by atoms with van der Waals surface area (Å²) in [5.74, 6) is 1.36. The second-order valence-electron chi connectivity index (χ2n) is 7.50. The Morgan fingerprint density at radius 1 is 1.16 bits per heavy atom. The number of carbonyl (C=O) groups is 1. The maximum absolute atomic E-state index is 13.3. The number of ether oxygens (including phenoxy) is 1. The van der Waals surface area contributed by atoms with Gasteiger partial charge < -0.3 is 14.5 Å². The largest absolute Gasteiger partial charge is 0.439 e. The lowest BCUT2D eigenvalue weighted by molar-refractivity contribution is 0.0672. The first-order valence-corrected chi connectivity index (χ1v) is 10.8. The van der Waals surface area contributed by atoms with Crippen LogP contribution in [0.4, 0.5) is 10.2 Å². The summed E-state index contributed by atoms with van der Waals surface area (Å²) >= 11 is 3.47. The van der Waals surface area contributed by atoms with E-state index in [0.29, 0.717) is 42.4 Å². The van der Waals surface area contributed by atoms with E-state index >= 15 is 0 Å². The average molecular weight is 485 g/mol. The minimum atomic E-state index is -0.308. The Hall–Kier alpha value is -3.00. The van der Waals surface area contributed by atoms with Crippen LogP contribution >= 0.6 is 15.9 Å². The van der Waals surface area contributed by atoms with Crippen molar-refractivity contribution in [3.05, 3.63) is 76.3 Å². The Kier molecular flexibility index (Phi) is 6.18. The molecule has 0 saturated carbocycles. The number of hydrogen-bond donors (Lipinski definition) is 0. The molecule has 31 heavy (non-hydrogen) atoms. The summed E-state index contributed by atoms with van der Waals surface area (Å²) in [6.07, 6.45) is 1.45. The van der Waals surface area contributed by atoms with Crippen molar-refractivity contribution < 1.29 is 13.9 Å². The van der Waals surface area contributed by atoms with E-state index in [4.69, 9.17) is 4.74 Å². The molecule has 1 aliphatic heterocycles. The Balaban J connectivity index is 1.46. The fraction of sp³-hybridized carbons (Fsp3) is 0.261. The number of aryl methyl sites for hydroxylation is 1. The van der Waals surface area contributed by atoms with E-state index in [9.17, 15) is 9.18 Å². The monoisotopic (exact) mass is 484 g/mol. The van der Waals surface area contributed by atoms with Crippen molar-refractivity contribution in [1.29, 1.82) is 0 Å². The second kappa shape index (κ2) is 9.01. The molecule has 0 bridgehead atoms. The summed E-state index contributed by atoms with van der Waals surface area (Å²) in [6.45, 7) is 5.68. The predicted octanol–water partition coefficient (Wildman–Crippen LogP) is 4.83. The van der Waals surface area contributed by atoms with E-state index in [1.165, 1.54) is 18.5 Å². The minimum absolute atomic E-state index is 0.00651. The zero-order chi connectivity index (χ0) is 22.0. The van der Waals surface area contributed by atoms with Crippen LogP contribution in [0.25, 0.3) is 0 Å². The minimum Gasteiger partial charge on any atom is -0.439 e. The standard InChI is InChI=1S/C23H22BrFN4O2/c1-15-11-17(25)7-8-20(15)31-22-12-21(26-14-27-22)28-9-10-29(16(2)13-28)23(30)18-5-3-4-6-19(18)24/h3-8,11-12,14,16H,9-10,13H2,1-2H3/t16-/m0/s1. The average Bonchev–Trinajstić information content (AvgIpc) is 2.76. The molecular weight excluding hydrogens is 463 g/mol. The molecule has 8 heteroatoms. The van der Waals surface area contributed by atoms with Crippen molar-refractivity contribution in [2.75, 3.05) is 24.5 Å². The number of nitrogens with zero attached hydrogens (tertiary/aromatic N) is 4. The van der Waals surface area contributed by atoms with E-state index < -0.39 is 0 Å². The van der Waals surface area contributed by atoms with Crippen LogP contribution in [-0.4, -0.2) is 46.5 Å². The van der Waals surface area contributed by atoms with Gasteiger partial charge in [0.25, 0.3) is 5.91 Å². The smallest absolute Gasteiger partial charge is 0.255 e. The molecule has 160 valence electrons. The van der Waals surface area contributed by atoms with Crippen molar-refractivity contribution in [1.82, 2.24) is 14.9 Å². The van der Waals surface area contributed by atoms with Crippen molar-refractivity contribution in [2.24, 2.45) is 0 Å². The maximum Gasteiger partial charge on any atom is 0.255 e. The highest BCUT2D eigenvalue weighted by molar-refractivity contribution is 9.10. The molecule has 0 spiro atoms. The van der Waals surface area contributed by atoms with E-state index in [2.05, 4.69) is 30.8 Å². The predicted molar refractivity (Wildman–Crippen MR) is 120 cm³/mol. The van der Waals surface area contributed by atoms with Crippen molar-refractivity contribution >= 4 is 27.7 Å². The number of hydrogen-bond acceptors (Lipinski definition) is 5. The fourth-order valence-electron chi connectivity index (χ4n) is 3.66. The van der Waals surface area contributed by atoms with Crippen molar-refractivity contribution in [2.45, 2.75) is 19.9 Å². The van der Waals surface area contributed by atoms with E-state index in [1.807, 2.05) is 36.1 Å². The Morgan fingerprint density at radius 2 is 1.97 bits per heavy atom. The number of aromatic nitrogens is 2. The van der Waals surface area contributed by atoms with Crippen LogP contribution in [0.1, 0.15) is 22.8 Å². The highest BCUT2D eigenvalue weighted by Crippen LogP contribution is 2.27. The number of anilines is 1. The zero-order valence-electron chi connectivity index (χ0n) is 17.3. The number of halogens is 2. The van der Waals surface area contributed by atoms with Gasteiger partial charge >= 0.3 is 0 Å². The molecule has 3 aromatic rings. The van der Waals surface area contributed by atoms with E-state index in [-0.39, 0.29) is 17.8 Å². The van der Waals surface area contributed by atoms with Crippen LogP contribution < -0.4 is 9.64 Å².